The number of para-hydroxylation sites is 1. The largest absolute Gasteiger partial charge is 0.592 e. The van der Waals surface area contributed by atoms with Gasteiger partial charge in [-0.2, -0.15) is 4.31 Å². The molecule has 8 heteroatoms. The van der Waals surface area contributed by atoms with E-state index >= 15 is 0 Å². The normalized spacial score (nSPS) is 28.3. The van der Waals surface area contributed by atoms with E-state index in [4.69, 9.17) is 0 Å². The van der Waals surface area contributed by atoms with Gasteiger partial charge in [0.15, 0.2) is 14.6 Å². The quantitative estimate of drug-likeness (QED) is 0.756. The maximum absolute atomic E-state index is 13.3. The third-order valence-electron chi connectivity index (χ3n) is 5.64. The number of rotatable bonds is 4. The van der Waals surface area contributed by atoms with Crippen molar-refractivity contribution in [3.63, 3.8) is 0 Å². The zero-order chi connectivity index (χ0) is 19.9. The summed E-state index contributed by atoms with van der Waals surface area (Å²) in [5.41, 5.74) is 1.87. The first-order valence-corrected chi connectivity index (χ1v) is 12.2. The lowest BCUT2D eigenvalue weighted by Crippen LogP contribution is -2.47. The Labute approximate surface area is 169 Å². The molecule has 2 aliphatic heterocycles. The lowest BCUT2D eigenvalue weighted by Gasteiger charge is -2.29. The van der Waals surface area contributed by atoms with Crippen molar-refractivity contribution in [3.05, 3.63) is 60.2 Å². The van der Waals surface area contributed by atoms with Crippen LogP contribution in [0, 0.1) is 0 Å². The van der Waals surface area contributed by atoms with E-state index in [1.165, 1.54) is 6.26 Å². The molecule has 0 saturated carbocycles. The standard InChI is InChI=1S/C20H24N2O4S2/c1-28(25,26)18-9-7-16(8-10-18)13-21-12-11-20(15-21)19(23)14-22(27(20)24)17-5-3-2-4-6-17/h2-10,19,23H,11-15H2,1H3/t19-,20+,27?/m0/s1. The van der Waals surface area contributed by atoms with Gasteiger partial charge in [0.25, 0.3) is 0 Å². The maximum atomic E-state index is 13.3. The smallest absolute Gasteiger partial charge is 0.192 e. The van der Waals surface area contributed by atoms with Crippen LogP contribution < -0.4 is 4.31 Å². The molecule has 2 aromatic rings. The van der Waals surface area contributed by atoms with Crippen LogP contribution in [0.4, 0.5) is 5.69 Å². The lowest BCUT2D eigenvalue weighted by molar-refractivity contribution is 0.143. The molecule has 3 atom stereocenters. The Kier molecular flexibility index (Phi) is 5.18. The Hall–Kier alpha value is -1.58. The third kappa shape index (κ3) is 3.55. The number of nitrogens with zero attached hydrogens (tertiary/aromatic N) is 2. The van der Waals surface area contributed by atoms with Crippen LogP contribution in [-0.4, -0.2) is 59.7 Å². The molecule has 2 aliphatic rings. The van der Waals surface area contributed by atoms with E-state index in [0.29, 0.717) is 31.0 Å². The monoisotopic (exact) mass is 420 g/mol. The number of sulfone groups is 1. The first kappa shape index (κ1) is 19.7. The van der Waals surface area contributed by atoms with Crippen molar-refractivity contribution >= 4 is 26.9 Å². The molecule has 1 unspecified atom stereocenters. The Bertz CT molecular complexity index is 936. The summed E-state index contributed by atoms with van der Waals surface area (Å²) in [5.74, 6) is 0. The summed E-state index contributed by atoms with van der Waals surface area (Å²) >= 11 is -1.31. The van der Waals surface area contributed by atoms with Gasteiger partial charge in [0.1, 0.15) is 6.10 Å². The Morgan fingerprint density at radius 3 is 2.50 bits per heavy atom. The van der Waals surface area contributed by atoms with E-state index in [1.807, 2.05) is 42.5 Å². The minimum Gasteiger partial charge on any atom is -0.592 e. The van der Waals surface area contributed by atoms with E-state index in [1.54, 1.807) is 16.4 Å². The van der Waals surface area contributed by atoms with Crippen LogP contribution in [0.25, 0.3) is 0 Å². The summed E-state index contributed by atoms with van der Waals surface area (Å²) in [4.78, 5) is 2.49. The van der Waals surface area contributed by atoms with Crippen LogP contribution >= 0.6 is 0 Å². The van der Waals surface area contributed by atoms with Crippen LogP contribution in [0.3, 0.4) is 0 Å². The molecule has 2 aromatic carbocycles. The van der Waals surface area contributed by atoms with Crippen molar-refractivity contribution < 1.29 is 18.1 Å². The average molecular weight is 421 g/mol. The summed E-state index contributed by atoms with van der Waals surface area (Å²) in [5, 5.41) is 10.8. The predicted octanol–water partition coefficient (Wildman–Crippen LogP) is 1.58. The molecule has 6 nitrogen and oxygen atoms in total. The summed E-state index contributed by atoms with van der Waals surface area (Å²) in [6.45, 7) is 2.31. The van der Waals surface area contributed by atoms with Crippen LogP contribution in [0.5, 0.6) is 0 Å². The van der Waals surface area contributed by atoms with E-state index < -0.39 is 32.1 Å². The van der Waals surface area contributed by atoms with Gasteiger partial charge in [0.2, 0.25) is 0 Å². The number of β-amino-alcohol motifs (C(OH)–C–C–N with tert-alkyl or cyclic N) is 1. The third-order valence-corrected chi connectivity index (χ3v) is 8.83. The zero-order valence-electron chi connectivity index (χ0n) is 15.7. The second-order valence-electron chi connectivity index (χ2n) is 7.60. The molecule has 0 aliphatic carbocycles. The van der Waals surface area contributed by atoms with Crippen LogP contribution in [0.2, 0.25) is 0 Å². The number of likely N-dealkylation sites (tertiary alicyclic amines) is 1. The SMILES string of the molecule is CS(=O)(=O)c1ccc(CN2CC[C@@]3(C2)[C@@H](O)CN(c2ccccc2)[S+]3[O-])cc1. The molecule has 1 N–H and O–H groups in total. The summed E-state index contributed by atoms with van der Waals surface area (Å²) < 4.78 is 37.6. The number of hydrogen-bond donors (Lipinski definition) is 1. The highest BCUT2D eigenvalue weighted by molar-refractivity contribution is 7.94. The minimum atomic E-state index is -3.20. The highest BCUT2D eigenvalue weighted by Gasteiger charge is 2.62. The fourth-order valence-corrected chi connectivity index (χ4v) is 6.58. The molecule has 0 amide bonds. The van der Waals surface area contributed by atoms with Crippen molar-refractivity contribution in [1.82, 2.24) is 4.90 Å². The van der Waals surface area contributed by atoms with Gasteiger partial charge >= 0.3 is 0 Å². The van der Waals surface area contributed by atoms with Gasteiger partial charge < -0.3 is 9.66 Å². The van der Waals surface area contributed by atoms with E-state index in [-0.39, 0.29) is 0 Å². The summed E-state index contributed by atoms with van der Waals surface area (Å²) in [7, 11) is -3.20. The Balaban J connectivity index is 1.47. The molecule has 0 bridgehead atoms. The van der Waals surface area contributed by atoms with Gasteiger partial charge in [-0.3, -0.25) is 4.90 Å². The topological polar surface area (TPSA) is 83.9 Å². The molecule has 2 heterocycles. The van der Waals surface area contributed by atoms with E-state index in [2.05, 4.69) is 4.90 Å². The van der Waals surface area contributed by atoms with Crippen LogP contribution in [-0.2, 0) is 27.7 Å². The van der Waals surface area contributed by atoms with Gasteiger partial charge in [-0.15, -0.1) is 0 Å². The number of aliphatic hydroxyl groups is 1. The number of hydrogen-bond acceptors (Lipinski definition) is 6. The molecule has 0 radical (unpaired) electrons. The van der Waals surface area contributed by atoms with Crippen molar-refractivity contribution in [2.45, 2.75) is 28.7 Å². The highest BCUT2D eigenvalue weighted by Crippen LogP contribution is 2.43. The lowest BCUT2D eigenvalue weighted by atomic mass is 10.0. The molecule has 4 rings (SSSR count). The zero-order valence-corrected chi connectivity index (χ0v) is 17.3. The van der Waals surface area contributed by atoms with Gasteiger partial charge in [0.05, 0.1) is 35.0 Å². The van der Waals surface area contributed by atoms with Crippen LogP contribution in [0.15, 0.2) is 59.5 Å². The fourth-order valence-electron chi connectivity index (χ4n) is 4.06. The van der Waals surface area contributed by atoms with Crippen molar-refractivity contribution in [2.24, 2.45) is 0 Å². The fraction of sp³-hybridized carbons (Fsp3) is 0.400. The molecule has 2 fully saturated rings. The van der Waals surface area contributed by atoms with Gasteiger partial charge in [0, 0.05) is 25.8 Å². The van der Waals surface area contributed by atoms with Crippen LogP contribution in [0.1, 0.15) is 12.0 Å². The molecule has 150 valence electrons. The molecule has 1 spiro atoms. The first-order valence-electron chi connectivity index (χ1n) is 9.24. The van der Waals surface area contributed by atoms with Crippen molar-refractivity contribution in [2.75, 3.05) is 30.2 Å². The summed E-state index contributed by atoms with van der Waals surface area (Å²) in [6, 6.07) is 16.4. The number of benzene rings is 2. The average Bonchev–Trinajstić information content (AvgIpc) is 3.20. The minimum absolute atomic E-state index is 0.306. The Morgan fingerprint density at radius 1 is 1.18 bits per heavy atom. The number of aliphatic hydroxyl groups excluding tert-OH is 1. The maximum Gasteiger partial charge on any atom is 0.192 e. The van der Waals surface area contributed by atoms with Gasteiger partial charge in [-0.1, -0.05) is 30.3 Å². The second-order valence-corrected chi connectivity index (χ2v) is 11.4. The Morgan fingerprint density at radius 2 is 1.86 bits per heavy atom. The molecule has 28 heavy (non-hydrogen) atoms. The molecule has 0 aromatic heterocycles. The molecular weight excluding hydrogens is 396 g/mol. The second kappa shape index (κ2) is 7.35. The van der Waals surface area contributed by atoms with E-state index in [0.717, 1.165) is 17.8 Å². The molecular formula is C20H24N2O4S2. The van der Waals surface area contributed by atoms with Gasteiger partial charge in [-0.05, 0) is 29.8 Å². The van der Waals surface area contributed by atoms with E-state index in [9.17, 15) is 18.1 Å². The van der Waals surface area contributed by atoms with Crippen molar-refractivity contribution in [3.8, 4) is 0 Å². The summed E-state index contributed by atoms with van der Waals surface area (Å²) in [6.07, 6.45) is 1.22. The molecule has 2 saturated heterocycles. The predicted molar refractivity (Wildman–Crippen MR) is 110 cm³/mol. The number of anilines is 1. The van der Waals surface area contributed by atoms with Gasteiger partial charge in [-0.25, -0.2) is 8.42 Å². The first-order chi connectivity index (χ1) is 13.3. The van der Waals surface area contributed by atoms with Crippen molar-refractivity contribution in [1.29, 1.82) is 0 Å². The highest BCUT2D eigenvalue weighted by atomic mass is 32.2.